The summed E-state index contributed by atoms with van der Waals surface area (Å²) in [4.78, 5) is 58.2. The lowest BCUT2D eigenvalue weighted by atomic mass is 9.93. The molecule has 2 fully saturated rings. The Bertz CT molecular complexity index is 797. The predicted molar refractivity (Wildman–Crippen MR) is 97.1 cm³/mol. The number of nitrogens with zero attached hydrogens (tertiary/aromatic N) is 3. The zero-order chi connectivity index (χ0) is 19.6. The van der Waals surface area contributed by atoms with Crippen molar-refractivity contribution < 1.29 is 14.4 Å². The molecular weight excluding hydrogens is 350 g/mol. The number of carbonyl (C=O) groups is 3. The smallest absolute Gasteiger partial charge is 0.324 e. The van der Waals surface area contributed by atoms with Gasteiger partial charge in [-0.15, -0.1) is 0 Å². The number of hydrogen-bond donors (Lipinski definition) is 2. The van der Waals surface area contributed by atoms with E-state index in [2.05, 4.69) is 15.3 Å². The first-order valence-electron chi connectivity index (χ1n) is 9.36. The van der Waals surface area contributed by atoms with Crippen LogP contribution in [0.1, 0.15) is 50.0 Å². The minimum atomic E-state index is -0.772. The Morgan fingerprint density at radius 3 is 2.59 bits per heavy atom. The standard InChI is InChI=1S/C18H25N5O4/c1-3-6-23-17(26)14(21-18(23)27)10-16(25)22-7-4-12(5-8-22)13-9-15(24)20-11(2)19-13/h9,12,14H,3-8,10H2,1-2H3,(H,21,27)(H,19,20,24). The number of rotatable bonds is 5. The van der Waals surface area contributed by atoms with Gasteiger partial charge in [-0.1, -0.05) is 6.92 Å². The third-order valence-electron chi connectivity index (χ3n) is 5.08. The molecule has 0 aliphatic carbocycles. The highest BCUT2D eigenvalue weighted by Gasteiger charge is 2.39. The van der Waals surface area contributed by atoms with Crippen LogP contribution in [0, 0.1) is 6.92 Å². The highest BCUT2D eigenvalue weighted by atomic mass is 16.2. The van der Waals surface area contributed by atoms with E-state index in [9.17, 15) is 19.2 Å². The van der Waals surface area contributed by atoms with E-state index in [1.54, 1.807) is 11.8 Å². The van der Waals surface area contributed by atoms with E-state index in [4.69, 9.17) is 0 Å². The van der Waals surface area contributed by atoms with Crippen LogP contribution in [-0.2, 0) is 9.59 Å². The number of aromatic amines is 1. The predicted octanol–water partition coefficient (Wildman–Crippen LogP) is 0.505. The fraction of sp³-hybridized carbons (Fsp3) is 0.611. The molecule has 2 N–H and O–H groups in total. The molecule has 0 spiro atoms. The second kappa shape index (κ2) is 7.89. The normalized spacial score (nSPS) is 20.9. The summed E-state index contributed by atoms with van der Waals surface area (Å²) in [5, 5.41) is 2.60. The van der Waals surface area contributed by atoms with Crippen molar-refractivity contribution in [3.8, 4) is 0 Å². The van der Waals surface area contributed by atoms with Crippen LogP contribution >= 0.6 is 0 Å². The van der Waals surface area contributed by atoms with Crippen molar-refractivity contribution in [3.63, 3.8) is 0 Å². The number of H-pyrrole nitrogens is 1. The SMILES string of the molecule is CCCN1C(=O)NC(CC(=O)N2CCC(c3cc(=O)[nH]c(C)n3)CC2)C1=O. The number of urea groups is 1. The van der Waals surface area contributed by atoms with Gasteiger partial charge in [0.2, 0.25) is 5.91 Å². The minimum Gasteiger partial charge on any atom is -0.343 e. The molecular formula is C18H25N5O4. The first-order valence-corrected chi connectivity index (χ1v) is 9.36. The third-order valence-corrected chi connectivity index (χ3v) is 5.08. The van der Waals surface area contributed by atoms with Crippen LogP contribution in [0.4, 0.5) is 4.79 Å². The van der Waals surface area contributed by atoms with Crippen molar-refractivity contribution >= 4 is 17.8 Å². The summed E-state index contributed by atoms with van der Waals surface area (Å²) in [6, 6.07) is 0.324. The first kappa shape index (κ1) is 19.1. The van der Waals surface area contributed by atoms with E-state index in [1.807, 2.05) is 6.92 Å². The van der Waals surface area contributed by atoms with Crippen molar-refractivity contribution in [2.75, 3.05) is 19.6 Å². The highest BCUT2D eigenvalue weighted by Crippen LogP contribution is 2.26. The average molecular weight is 375 g/mol. The maximum atomic E-state index is 12.6. The number of nitrogens with one attached hydrogen (secondary N) is 2. The van der Waals surface area contributed by atoms with Crippen molar-refractivity contribution in [1.82, 2.24) is 25.1 Å². The van der Waals surface area contributed by atoms with Crippen LogP contribution in [0.3, 0.4) is 0 Å². The highest BCUT2D eigenvalue weighted by molar-refractivity contribution is 6.05. The number of hydrogen-bond acceptors (Lipinski definition) is 5. The Balaban J connectivity index is 1.55. The monoisotopic (exact) mass is 375 g/mol. The number of aromatic nitrogens is 2. The van der Waals surface area contributed by atoms with Crippen LogP contribution in [0.25, 0.3) is 0 Å². The molecule has 1 unspecified atom stereocenters. The van der Waals surface area contributed by atoms with E-state index < -0.39 is 12.1 Å². The van der Waals surface area contributed by atoms with Crippen LogP contribution in [-0.4, -0.2) is 63.3 Å². The molecule has 0 aromatic carbocycles. The number of piperidine rings is 1. The zero-order valence-corrected chi connectivity index (χ0v) is 15.7. The van der Waals surface area contributed by atoms with Gasteiger partial charge in [0.1, 0.15) is 11.9 Å². The number of carbonyl (C=O) groups excluding carboxylic acids is 3. The fourth-order valence-electron chi connectivity index (χ4n) is 3.69. The molecule has 3 rings (SSSR count). The minimum absolute atomic E-state index is 0.0161. The van der Waals surface area contributed by atoms with Gasteiger partial charge in [0.05, 0.1) is 12.1 Å². The second-order valence-electron chi connectivity index (χ2n) is 7.11. The summed E-state index contributed by atoms with van der Waals surface area (Å²) in [6.45, 7) is 5.09. The van der Waals surface area contributed by atoms with Gasteiger partial charge in [0, 0.05) is 31.6 Å². The Labute approximate surface area is 157 Å². The summed E-state index contributed by atoms with van der Waals surface area (Å²) in [5.41, 5.74) is 0.597. The summed E-state index contributed by atoms with van der Waals surface area (Å²) >= 11 is 0. The lowest BCUT2D eigenvalue weighted by molar-refractivity contribution is -0.136. The van der Waals surface area contributed by atoms with Gasteiger partial charge in [0.15, 0.2) is 0 Å². The number of imide groups is 1. The number of amides is 4. The van der Waals surface area contributed by atoms with Crippen molar-refractivity contribution in [1.29, 1.82) is 0 Å². The van der Waals surface area contributed by atoms with Gasteiger partial charge in [-0.05, 0) is 26.2 Å². The molecule has 9 heteroatoms. The van der Waals surface area contributed by atoms with E-state index >= 15 is 0 Å². The van der Waals surface area contributed by atoms with Gasteiger partial charge in [-0.3, -0.25) is 19.3 Å². The Kier molecular flexibility index (Phi) is 5.57. The molecule has 9 nitrogen and oxygen atoms in total. The average Bonchev–Trinajstić information content (AvgIpc) is 2.89. The molecule has 1 aromatic rings. The van der Waals surface area contributed by atoms with Gasteiger partial charge < -0.3 is 15.2 Å². The first-order chi connectivity index (χ1) is 12.9. The lowest BCUT2D eigenvalue weighted by Crippen LogP contribution is -2.42. The largest absolute Gasteiger partial charge is 0.343 e. The van der Waals surface area contributed by atoms with Crippen LogP contribution in [0.5, 0.6) is 0 Å². The zero-order valence-electron chi connectivity index (χ0n) is 15.7. The molecule has 1 aromatic heterocycles. The van der Waals surface area contributed by atoms with Crippen LogP contribution < -0.4 is 10.9 Å². The molecule has 2 saturated heterocycles. The van der Waals surface area contributed by atoms with Crippen molar-refractivity contribution in [2.45, 2.75) is 51.5 Å². The summed E-state index contributed by atoms with van der Waals surface area (Å²) in [7, 11) is 0. The van der Waals surface area contributed by atoms with Gasteiger partial charge in [0.25, 0.3) is 11.5 Å². The Morgan fingerprint density at radius 1 is 1.26 bits per heavy atom. The van der Waals surface area contributed by atoms with E-state index in [-0.39, 0.29) is 29.7 Å². The summed E-state index contributed by atoms with van der Waals surface area (Å²) in [6.07, 6.45) is 2.10. The molecule has 146 valence electrons. The molecule has 0 radical (unpaired) electrons. The molecule has 0 bridgehead atoms. The van der Waals surface area contributed by atoms with Crippen molar-refractivity contribution in [3.05, 3.63) is 27.9 Å². The topological polar surface area (TPSA) is 115 Å². The van der Waals surface area contributed by atoms with E-state index in [1.165, 1.54) is 11.0 Å². The Hall–Kier alpha value is -2.71. The molecule has 2 aliphatic heterocycles. The maximum absolute atomic E-state index is 12.6. The molecule has 4 amide bonds. The van der Waals surface area contributed by atoms with Crippen molar-refractivity contribution in [2.24, 2.45) is 0 Å². The molecule has 0 saturated carbocycles. The third kappa shape index (κ3) is 4.17. The number of aryl methyl sites for hydroxylation is 1. The van der Waals surface area contributed by atoms with E-state index in [0.717, 1.165) is 5.69 Å². The molecule has 2 aliphatic rings. The molecule has 3 heterocycles. The molecule has 27 heavy (non-hydrogen) atoms. The van der Waals surface area contributed by atoms with Crippen LogP contribution in [0.2, 0.25) is 0 Å². The summed E-state index contributed by atoms with van der Waals surface area (Å²) in [5.74, 6) is 0.264. The lowest BCUT2D eigenvalue weighted by Gasteiger charge is -2.32. The Morgan fingerprint density at radius 2 is 1.96 bits per heavy atom. The van der Waals surface area contributed by atoms with Gasteiger partial charge >= 0.3 is 6.03 Å². The summed E-state index contributed by atoms with van der Waals surface area (Å²) < 4.78 is 0. The quantitative estimate of drug-likeness (QED) is 0.728. The number of likely N-dealkylation sites (tertiary alicyclic amines) is 1. The van der Waals surface area contributed by atoms with Gasteiger partial charge in [-0.25, -0.2) is 9.78 Å². The van der Waals surface area contributed by atoms with E-state index in [0.29, 0.717) is 44.7 Å². The van der Waals surface area contributed by atoms with Crippen LogP contribution in [0.15, 0.2) is 10.9 Å². The van der Waals surface area contributed by atoms with Gasteiger partial charge in [-0.2, -0.15) is 0 Å². The second-order valence-corrected chi connectivity index (χ2v) is 7.11. The fourth-order valence-corrected chi connectivity index (χ4v) is 3.69. The molecule has 1 atom stereocenters. The maximum Gasteiger partial charge on any atom is 0.324 e.